The lowest BCUT2D eigenvalue weighted by Crippen LogP contribution is -2.24. The predicted octanol–water partition coefficient (Wildman–Crippen LogP) is 3.72. The Bertz CT molecular complexity index is 435. The van der Waals surface area contributed by atoms with Gasteiger partial charge in [-0.15, -0.1) is 0 Å². The number of rotatable bonds is 8. The van der Waals surface area contributed by atoms with Crippen LogP contribution in [0.25, 0.3) is 0 Å². The molecule has 1 rings (SSSR count). The van der Waals surface area contributed by atoms with Crippen molar-refractivity contribution in [1.29, 1.82) is 0 Å². The van der Waals surface area contributed by atoms with E-state index in [-0.39, 0.29) is 5.91 Å². The molecule has 0 radical (unpaired) electrons. The zero-order valence-corrected chi connectivity index (χ0v) is 13.3. The van der Waals surface area contributed by atoms with Gasteiger partial charge in [0.25, 0.3) is 5.91 Å². The van der Waals surface area contributed by atoms with E-state index in [0.717, 1.165) is 19.4 Å². The molecule has 0 fully saturated rings. The molecule has 20 heavy (non-hydrogen) atoms. The molecule has 0 aliphatic heterocycles. The molecule has 4 nitrogen and oxygen atoms in total. The molecule has 1 amide bonds. The Morgan fingerprint density at radius 1 is 1.35 bits per heavy atom. The number of aromatic nitrogens is 1. The summed E-state index contributed by atoms with van der Waals surface area (Å²) in [4.78, 5) is 16.1. The summed E-state index contributed by atoms with van der Waals surface area (Å²) in [7, 11) is 0. The number of halogens is 1. The van der Waals surface area contributed by atoms with Crippen LogP contribution in [0, 0.1) is 5.92 Å². The first kappa shape index (κ1) is 16.8. The second-order valence-corrected chi connectivity index (χ2v) is 5.63. The highest BCUT2D eigenvalue weighted by atomic mass is 35.5. The second-order valence-electron chi connectivity index (χ2n) is 5.24. The van der Waals surface area contributed by atoms with Crippen LogP contribution in [0.5, 0.6) is 0 Å². The maximum atomic E-state index is 12.0. The van der Waals surface area contributed by atoms with Gasteiger partial charge in [0.1, 0.15) is 11.0 Å². The molecule has 5 heteroatoms. The summed E-state index contributed by atoms with van der Waals surface area (Å²) >= 11 is 5.92. The lowest BCUT2D eigenvalue weighted by molar-refractivity contribution is 0.0953. The fourth-order valence-electron chi connectivity index (χ4n) is 1.88. The fraction of sp³-hybridized carbons (Fsp3) is 0.600. The molecular formula is C15H24ClN3O. The first-order valence-corrected chi connectivity index (χ1v) is 7.60. The van der Waals surface area contributed by atoms with Gasteiger partial charge < -0.3 is 10.6 Å². The van der Waals surface area contributed by atoms with Gasteiger partial charge in [0.05, 0.1) is 0 Å². The molecule has 0 unspecified atom stereocenters. The summed E-state index contributed by atoms with van der Waals surface area (Å²) in [5.74, 6) is 1.25. The molecular weight excluding hydrogens is 274 g/mol. The first-order valence-electron chi connectivity index (χ1n) is 7.22. The molecule has 0 aliphatic rings. The van der Waals surface area contributed by atoms with Crippen molar-refractivity contribution in [3.63, 3.8) is 0 Å². The Hall–Kier alpha value is -1.29. The average molecular weight is 298 g/mol. The zero-order chi connectivity index (χ0) is 15.0. The molecule has 1 aromatic heterocycles. The quantitative estimate of drug-likeness (QED) is 0.568. The number of hydrogen-bond donors (Lipinski definition) is 2. The molecule has 0 saturated carbocycles. The van der Waals surface area contributed by atoms with E-state index in [1.54, 1.807) is 12.1 Å². The van der Waals surface area contributed by atoms with Crippen LogP contribution in [0.1, 0.15) is 50.4 Å². The largest absolute Gasteiger partial charge is 0.370 e. The Morgan fingerprint density at radius 3 is 2.75 bits per heavy atom. The van der Waals surface area contributed by atoms with E-state index in [9.17, 15) is 4.79 Å². The third-order valence-electron chi connectivity index (χ3n) is 2.91. The number of carbonyl (C=O) groups excluding carboxylic acids is 1. The Labute approximate surface area is 126 Å². The number of anilines is 1. The zero-order valence-electron chi connectivity index (χ0n) is 12.5. The average Bonchev–Trinajstić information content (AvgIpc) is 2.37. The van der Waals surface area contributed by atoms with E-state index in [2.05, 4.69) is 29.5 Å². The van der Waals surface area contributed by atoms with Crippen LogP contribution in [0.4, 0.5) is 5.82 Å². The molecule has 0 bridgehead atoms. The highest BCUT2D eigenvalue weighted by molar-refractivity contribution is 6.29. The van der Waals surface area contributed by atoms with Gasteiger partial charge in [0, 0.05) is 18.7 Å². The van der Waals surface area contributed by atoms with Crippen molar-refractivity contribution >= 4 is 23.3 Å². The predicted molar refractivity (Wildman–Crippen MR) is 84.4 cm³/mol. The number of hydrogen-bond acceptors (Lipinski definition) is 3. The molecule has 0 spiro atoms. The van der Waals surface area contributed by atoms with Gasteiger partial charge in [-0.3, -0.25) is 4.79 Å². The second kappa shape index (κ2) is 8.80. The van der Waals surface area contributed by atoms with Crippen molar-refractivity contribution in [2.45, 2.75) is 40.0 Å². The van der Waals surface area contributed by atoms with Gasteiger partial charge in [0.2, 0.25) is 0 Å². The summed E-state index contributed by atoms with van der Waals surface area (Å²) in [6.45, 7) is 7.82. The van der Waals surface area contributed by atoms with Crippen LogP contribution in [-0.4, -0.2) is 24.0 Å². The lowest BCUT2D eigenvalue weighted by Gasteiger charge is -2.08. The molecule has 0 aromatic carbocycles. The molecule has 1 aromatic rings. The van der Waals surface area contributed by atoms with Crippen LogP contribution >= 0.6 is 11.6 Å². The summed E-state index contributed by atoms with van der Waals surface area (Å²) < 4.78 is 0. The van der Waals surface area contributed by atoms with Gasteiger partial charge in [-0.2, -0.15) is 0 Å². The molecule has 112 valence electrons. The third kappa shape index (κ3) is 6.24. The van der Waals surface area contributed by atoms with E-state index < -0.39 is 0 Å². The van der Waals surface area contributed by atoms with Crippen LogP contribution < -0.4 is 10.6 Å². The summed E-state index contributed by atoms with van der Waals surface area (Å²) in [5, 5.41) is 6.30. The van der Waals surface area contributed by atoms with Crippen LogP contribution in [0.3, 0.4) is 0 Å². The normalized spacial score (nSPS) is 10.7. The minimum Gasteiger partial charge on any atom is -0.370 e. The lowest BCUT2D eigenvalue weighted by atomic mass is 10.1. The Balaban J connectivity index is 2.46. The van der Waals surface area contributed by atoms with E-state index in [4.69, 9.17) is 11.6 Å². The number of nitrogens with zero attached hydrogens (tertiary/aromatic N) is 1. The summed E-state index contributed by atoms with van der Waals surface area (Å²) in [6.07, 6.45) is 3.34. The minimum absolute atomic E-state index is 0.0991. The van der Waals surface area contributed by atoms with E-state index >= 15 is 0 Å². The third-order valence-corrected chi connectivity index (χ3v) is 3.10. The maximum absolute atomic E-state index is 12.0. The molecule has 1 heterocycles. The molecule has 0 atom stereocenters. The first-order chi connectivity index (χ1) is 9.52. The molecule has 0 aliphatic carbocycles. The Morgan fingerprint density at radius 2 is 2.10 bits per heavy atom. The van der Waals surface area contributed by atoms with Crippen molar-refractivity contribution in [2.24, 2.45) is 5.92 Å². The van der Waals surface area contributed by atoms with E-state index in [0.29, 0.717) is 29.0 Å². The van der Waals surface area contributed by atoms with Gasteiger partial charge in [-0.1, -0.05) is 38.3 Å². The van der Waals surface area contributed by atoms with Crippen molar-refractivity contribution < 1.29 is 4.79 Å². The van der Waals surface area contributed by atoms with Crippen LogP contribution in [0.2, 0.25) is 5.15 Å². The fourth-order valence-corrected chi connectivity index (χ4v) is 2.09. The van der Waals surface area contributed by atoms with Crippen LogP contribution in [0.15, 0.2) is 12.1 Å². The number of unbranched alkanes of at least 4 members (excludes halogenated alkanes) is 1. The SMILES string of the molecule is CCNc1cc(C(=O)NCCCCC(C)C)cc(Cl)n1. The van der Waals surface area contributed by atoms with Gasteiger partial charge in [-0.05, 0) is 31.4 Å². The Kier molecular flexibility index (Phi) is 7.37. The van der Waals surface area contributed by atoms with Crippen LogP contribution in [-0.2, 0) is 0 Å². The minimum atomic E-state index is -0.0991. The standard InChI is InChI=1S/C15H24ClN3O/c1-4-17-14-10-12(9-13(16)19-14)15(20)18-8-6-5-7-11(2)3/h9-11H,4-8H2,1-3H3,(H,17,19)(H,18,20). The highest BCUT2D eigenvalue weighted by Gasteiger charge is 2.08. The van der Waals surface area contributed by atoms with Gasteiger partial charge in [-0.25, -0.2) is 4.98 Å². The number of carbonyl (C=O) groups is 1. The maximum Gasteiger partial charge on any atom is 0.251 e. The van der Waals surface area contributed by atoms with E-state index in [1.165, 1.54) is 6.42 Å². The smallest absolute Gasteiger partial charge is 0.251 e. The van der Waals surface area contributed by atoms with E-state index in [1.807, 2.05) is 6.92 Å². The van der Waals surface area contributed by atoms with Gasteiger partial charge in [0.15, 0.2) is 0 Å². The van der Waals surface area contributed by atoms with Crippen molar-refractivity contribution in [2.75, 3.05) is 18.4 Å². The summed E-state index contributed by atoms with van der Waals surface area (Å²) in [5.41, 5.74) is 0.546. The number of amides is 1. The number of nitrogens with one attached hydrogen (secondary N) is 2. The topological polar surface area (TPSA) is 54.0 Å². The monoisotopic (exact) mass is 297 g/mol. The van der Waals surface area contributed by atoms with Gasteiger partial charge >= 0.3 is 0 Å². The molecule has 2 N–H and O–H groups in total. The van der Waals surface area contributed by atoms with Crippen molar-refractivity contribution in [1.82, 2.24) is 10.3 Å². The summed E-state index contributed by atoms with van der Waals surface area (Å²) in [6, 6.07) is 3.31. The van der Waals surface area contributed by atoms with Crippen molar-refractivity contribution in [3.8, 4) is 0 Å². The number of pyridine rings is 1. The van der Waals surface area contributed by atoms with Crippen molar-refractivity contribution in [3.05, 3.63) is 22.8 Å². The molecule has 0 saturated heterocycles. The highest BCUT2D eigenvalue weighted by Crippen LogP contribution is 2.14.